The van der Waals surface area contributed by atoms with Crippen LogP contribution in [0.4, 0.5) is 11.6 Å². The van der Waals surface area contributed by atoms with Crippen LogP contribution in [0.15, 0.2) is 12.4 Å². The summed E-state index contributed by atoms with van der Waals surface area (Å²) in [5, 5.41) is 3.07. The Kier molecular flexibility index (Phi) is 3.09. The van der Waals surface area contributed by atoms with Gasteiger partial charge in [0, 0.05) is 24.9 Å². The fourth-order valence-corrected chi connectivity index (χ4v) is 0.921. The van der Waals surface area contributed by atoms with Crippen LogP contribution in [-0.2, 0) is 0 Å². The first kappa shape index (κ1) is 9.33. The highest BCUT2D eigenvalue weighted by molar-refractivity contribution is 5.55. The van der Waals surface area contributed by atoms with E-state index in [1.54, 1.807) is 12.4 Å². The number of nitrogens with zero attached hydrogens (tertiary/aromatic N) is 2. The third kappa shape index (κ3) is 2.64. The van der Waals surface area contributed by atoms with Crippen LogP contribution in [0.2, 0.25) is 0 Å². The Bertz CT molecular complexity index is 316. The predicted molar refractivity (Wildman–Crippen MR) is 53.0 cm³/mol. The van der Waals surface area contributed by atoms with E-state index in [9.17, 15) is 0 Å². The topological polar surface area (TPSA) is 63.8 Å². The molecule has 0 aliphatic heterocycles. The van der Waals surface area contributed by atoms with Crippen LogP contribution in [0, 0.1) is 12.3 Å². The molecular weight excluding hydrogens is 164 g/mol. The summed E-state index contributed by atoms with van der Waals surface area (Å²) >= 11 is 0. The number of rotatable bonds is 3. The van der Waals surface area contributed by atoms with Gasteiger partial charge < -0.3 is 11.1 Å². The van der Waals surface area contributed by atoms with Crippen molar-refractivity contribution in [1.29, 1.82) is 0 Å². The summed E-state index contributed by atoms with van der Waals surface area (Å²) in [7, 11) is 0. The Labute approximate surface area is 77.6 Å². The van der Waals surface area contributed by atoms with Crippen LogP contribution >= 0.6 is 0 Å². The van der Waals surface area contributed by atoms with Gasteiger partial charge in [0.1, 0.15) is 0 Å². The highest BCUT2D eigenvalue weighted by atomic mass is 15.1. The van der Waals surface area contributed by atoms with Crippen molar-refractivity contribution in [2.75, 3.05) is 11.1 Å². The molecule has 0 fully saturated rings. The van der Waals surface area contributed by atoms with Gasteiger partial charge in [-0.05, 0) is 6.92 Å². The predicted octanol–water partition coefficient (Wildman–Crippen LogP) is 0.883. The number of anilines is 2. The molecule has 0 amide bonds. The van der Waals surface area contributed by atoms with Gasteiger partial charge in [-0.2, -0.15) is 0 Å². The first-order chi connectivity index (χ1) is 6.24. The fourth-order valence-electron chi connectivity index (χ4n) is 0.921. The van der Waals surface area contributed by atoms with Gasteiger partial charge in [-0.25, -0.2) is 9.97 Å². The first-order valence-electron chi connectivity index (χ1n) is 4.00. The molecule has 1 heterocycles. The van der Waals surface area contributed by atoms with Crippen LogP contribution in [-0.4, -0.2) is 16.0 Å². The molecule has 0 radical (unpaired) electrons. The molecule has 0 spiro atoms. The summed E-state index contributed by atoms with van der Waals surface area (Å²) in [5.74, 6) is 3.54. The molecule has 1 aromatic rings. The van der Waals surface area contributed by atoms with Crippen molar-refractivity contribution < 1.29 is 0 Å². The fraction of sp³-hybridized carbons (Fsp3) is 0.333. The molecule has 1 atom stereocenters. The normalized spacial score (nSPS) is 11.7. The van der Waals surface area contributed by atoms with Crippen LogP contribution in [0.3, 0.4) is 0 Å². The van der Waals surface area contributed by atoms with Crippen molar-refractivity contribution in [2.45, 2.75) is 19.4 Å². The van der Waals surface area contributed by atoms with Gasteiger partial charge in [0.15, 0.2) is 11.6 Å². The monoisotopic (exact) mass is 176 g/mol. The summed E-state index contributed by atoms with van der Waals surface area (Å²) in [5.41, 5.74) is 5.58. The quantitative estimate of drug-likeness (QED) is 0.671. The maximum absolute atomic E-state index is 5.58. The van der Waals surface area contributed by atoms with E-state index in [4.69, 9.17) is 12.2 Å². The van der Waals surface area contributed by atoms with Crippen molar-refractivity contribution in [3.8, 4) is 12.3 Å². The number of nitrogens with two attached hydrogens (primary N) is 1. The molecule has 0 bridgehead atoms. The lowest BCUT2D eigenvalue weighted by Gasteiger charge is -2.11. The SMILES string of the molecule is C#CCC(C)Nc1nccnc1N. The zero-order valence-corrected chi connectivity index (χ0v) is 7.49. The van der Waals surface area contributed by atoms with Crippen LogP contribution < -0.4 is 11.1 Å². The number of aromatic nitrogens is 2. The molecule has 0 saturated heterocycles. The molecular formula is C9H12N4. The Morgan fingerprint density at radius 1 is 1.62 bits per heavy atom. The standard InChI is InChI=1S/C9H12N4/c1-3-4-7(2)13-9-8(10)11-5-6-12-9/h1,5-7H,4H2,2H3,(H2,10,11)(H,12,13). The van der Waals surface area contributed by atoms with Crippen molar-refractivity contribution in [3.63, 3.8) is 0 Å². The average molecular weight is 176 g/mol. The molecule has 0 aliphatic rings. The maximum Gasteiger partial charge on any atom is 0.169 e. The molecule has 13 heavy (non-hydrogen) atoms. The van der Waals surface area contributed by atoms with E-state index >= 15 is 0 Å². The van der Waals surface area contributed by atoms with Crippen molar-refractivity contribution in [3.05, 3.63) is 12.4 Å². The zero-order valence-electron chi connectivity index (χ0n) is 7.49. The minimum absolute atomic E-state index is 0.156. The van der Waals surface area contributed by atoms with Crippen molar-refractivity contribution in [2.24, 2.45) is 0 Å². The van der Waals surface area contributed by atoms with E-state index in [0.717, 1.165) is 0 Å². The van der Waals surface area contributed by atoms with Crippen LogP contribution in [0.25, 0.3) is 0 Å². The number of nitrogen functional groups attached to an aromatic ring is 1. The lowest BCUT2D eigenvalue weighted by atomic mass is 10.2. The average Bonchev–Trinajstić information content (AvgIpc) is 2.09. The van der Waals surface area contributed by atoms with Crippen molar-refractivity contribution >= 4 is 11.6 Å². The molecule has 1 unspecified atom stereocenters. The number of nitrogens with one attached hydrogen (secondary N) is 1. The van der Waals surface area contributed by atoms with E-state index in [2.05, 4.69) is 21.2 Å². The van der Waals surface area contributed by atoms with E-state index in [1.807, 2.05) is 6.92 Å². The smallest absolute Gasteiger partial charge is 0.169 e. The van der Waals surface area contributed by atoms with Gasteiger partial charge in [0.2, 0.25) is 0 Å². The Morgan fingerprint density at radius 2 is 2.31 bits per heavy atom. The van der Waals surface area contributed by atoms with Gasteiger partial charge in [-0.1, -0.05) is 0 Å². The van der Waals surface area contributed by atoms with Gasteiger partial charge in [0.25, 0.3) is 0 Å². The summed E-state index contributed by atoms with van der Waals surface area (Å²) in [6.45, 7) is 1.97. The Balaban J connectivity index is 2.64. The number of hydrogen-bond acceptors (Lipinski definition) is 4. The molecule has 0 saturated carbocycles. The minimum atomic E-state index is 0.156. The highest BCUT2D eigenvalue weighted by Gasteiger charge is 2.03. The summed E-state index contributed by atoms with van der Waals surface area (Å²) in [4.78, 5) is 7.93. The molecule has 1 aromatic heterocycles. The molecule has 0 aliphatic carbocycles. The second-order valence-corrected chi connectivity index (χ2v) is 2.74. The highest BCUT2D eigenvalue weighted by Crippen LogP contribution is 2.11. The van der Waals surface area contributed by atoms with E-state index in [-0.39, 0.29) is 6.04 Å². The van der Waals surface area contributed by atoms with Gasteiger partial charge in [0.05, 0.1) is 0 Å². The first-order valence-corrected chi connectivity index (χ1v) is 4.00. The van der Waals surface area contributed by atoms with E-state index in [0.29, 0.717) is 18.1 Å². The molecule has 1 rings (SSSR count). The van der Waals surface area contributed by atoms with Gasteiger partial charge in [-0.3, -0.25) is 0 Å². The second kappa shape index (κ2) is 4.31. The number of terminal acetylenes is 1. The second-order valence-electron chi connectivity index (χ2n) is 2.74. The molecule has 0 aromatic carbocycles. The largest absolute Gasteiger partial charge is 0.381 e. The van der Waals surface area contributed by atoms with E-state index in [1.165, 1.54) is 0 Å². The Hall–Kier alpha value is -1.76. The van der Waals surface area contributed by atoms with Crippen LogP contribution in [0.5, 0.6) is 0 Å². The lowest BCUT2D eigenvalue weighted by molar-refractivity contribution is 0.821. The summed E-state index contributed by atoms with van der Waals surface area (Å²) in [6.07, 6.45) is 8.93. The summed E-state index contributed by atoms with van der Waals surface area (Å²) in [6, 6.07) is 0.156. The Morgan fingerprint density at radius 3 is 2.92 bits per heavy atom. The lowest BCUT2D eigenvalue weighted by Crippen LogP contribution is -2.16. The van der Waals surface area contributed by atoms with Crippen LogP contribution in [0.1, 0.15) is 13.3 Å². The zero-order chi connectivity index (χ0) is 9.68. The maximum atomic E-state index is 5.58. The van der Waals surface area contributed by atoms with Gasteiger partial charge in [-0.15, -0.1) is 12.3 Å². The third-order valence-corrected chi connectivity index (χ3v) is 1.53. The van der Waals surface area contributed by atoms with E-state index < -0.39 is 0 Å². The summed E-state index contributed by atoms with van der Waals surface area (Å²) < 4.78 is 0. The molecule has 4 nitrogen and oxygen atoms in total. The van der Waals surface area contributed by atoms with Crippen molar-refractivity contribution in [1.82, 2.24) is 9.97 Å². The number of hydrogen-bond donors (Lipinski definition) is 2. The minimum Gasteiger partial charge on any atom is -0.381 e. The molecule has 4 heteroatoms. The molecule has 68 valence electrons. The molecule has 3 N–H and O–H groups in total. The van der Waals surface area contributed by atoms with Gasteiger partial charge >= 0.3 is 0 Å². The third-order valence-electron chi connectivity index (χ3n) is 1.53.